The third-order valence-electron chi connectivity index (χ3n) is 0.650. The smallest absolute Gasteiger partial charge is 0.314 e. The van der Waals surface area contributed by atoms with E-state index in [0.717, 1.165) is 0 Å². The van der Waals surface area contributed by atoms with Gasteiger partial charge in [-0.05, 0) is 0 Å². The zero-order valence-electron chi connectivity index (χ0n) is 5.10. The molecule has 9 heavy (non-hydrogen) atoms. The average Bonchev–Trinajstić information content (AvgIpc) is 1.83. The highest BCUT2D eigenvalue weighted by molar-refractivity contribution is 7.80. The first kappa shape index (κ1) is 8.16. The Kier molecular flexibility index (Phi) is 3.70. The molecule has 0 unspecified atom stereocenters. The molecule has 0 aliphatic heterocycles. The second kappa shape index (κ2) is 4.08. The van der Waals surface area contributed by atoms with Crippen molar-refractivity contribution in [3.63, 3.8) is 0 Å². The molecule has 0 aliphatic rings. The molecule has 0 aromatic carbocycles. The first-order chi connectivity index (χ1) is 4.16. The minimum atomic E-state index is -0.275. The van der Waals surface area contributed by atoms with E-state index in [9.17, 15) is 4.79 Å². The highest BCUT2D eigenvalue weighted by atomic mass is 32.1. The number of nitrogens with two attached hydrogens (primary N) is 1. The van der Waals surface area contributed by atoms with Crippen molar-refractivity contribution >= 4 is 23.2 Å². The van der Waals surface area contributed by atoms with Crippen molar-refractivity contribution in [1.29, 1.82) is 0 Å². The monoisotopic (exact) mass is 147 g/mol. The summed E-state index contributed by atoms with van der Waals surface area (Å²) >= 11 is 4.50. The van der Waals surface area contributed by atoms with E-state index in [1.807, 2.05) is 0 Å². The van der Waals surface area contributed by atoms with Crippen LogP contribution < -0.4 is 16.4 Å². The molecular weight excluding hydrogens is 138 g/mol. The van der Waals surface area contributed by atoms with Crippen molar-refractivity contribution < 1.29 is 4.79 Å². The first-order valence-electron chi connectivity index (χ1n) is 2.40. The molecule has 0 aliphatic carbocycles. The zero-order chi connectivity index (χ0) is 7.28. The quantitative estimate of drug-likeness (QED) is 0.448. The van der Waals surface area contributed by atoms with Gasteiger partial charge in [-0.3, -0.25) is 0 Å². The van der Waals surface area contributed by atoms with E-state index in [4.69, 9.17) is 5.73 Å². The molecule has 0 saturated heterocycles. The second-order valence-corrected chi connectivity index (χ2v) is 1.92. The summed E-state index contributed by atoms with van der Waals surface area (Å²) in [5.41, 5.74) is 5.08. The Morgan fingerprint density at radius 2 is 2.33 bits per heavy atom. The SMILES string of the molecule is CNC(=O)NCC(N)=S. The molecule has 0 radical (unpaired) electrons. The van der Waals surface area contributed by atoms with Crippen molar-refractivity contribution in [3.8, 4) is 0 Å². The van der Waals surface area contributed by atoms with E-state index >= 15 is 0 Å². The average molecular weight is 147 g/mol. The summed E-state index contributed by atoms with van der Waals surface area (Å²) in [6.07, 6.45) is 0. The number of hydrogen-bond donors (Lipinski definition) is 3. The number of hydrogen-bond acceptors (Lipinski definition) is 2. The van der Waals surface area contributed by atoms with Gasteiger partial charge in [0.05, 0.1) is 11.5 Å². The lowest BCUT2D eigenvalue weighted by Crippen LogP contribution is -2.37. The lowest BCUT2D eigenvalue weighted by Gasteiger charge is -2.00. The van der Waals surface area contributed by atoms with Crippen molar-refractivity contribution in [3.05, 3.63) is 0 Å². The van der Waals surface area contributed by atoms with Crippen molar-refractivity contribution in [1.82, 2.24) is 10.6 Å². The van der Waals surface area contributed by atoms with E-state index in [-0.39, 0.29) is 17.6 Å². The van der Waals surface area contributed by atoms with Crippen LogP contribution in [0.1, 0.15) is 0 Å². The van der Waals surface area contributed by atoms with E-state index in [2.05, 4.69) is 22.9 Å². The van der Waals surface area contributed by atoms with E-state index in [0.29, 0.717) is 0 Å². The minimum Gasteiger partial charge on any atom is -0.392 e. The standard InChI is InChI=1S/C4H9N3OS/c1-6-4(8)7-2-3(5)9/h2H2,1H3,(H2,5,9)(H2,6,7,8). The van der Waals surface area contributed by atoms with Gasteiger partial charge in [0, 0.05) is 7.05 Å². The summed E-state index contributed by atoms with van der Waals surface area (Å²) in [6.45, 7) is 0.245. The molecule has 4 nitrogen and oxygen atoms in total. The first-order valence-corrected chi connectivity index (χ1v) is 2.81. The summed E-state index contributed by atoms with van der Waals surface area (Å²) < 4.78 is 0. The summed E-state index contributed by atoms with van der Waals surface area (Å²) in [5, 5.41) is 4.77. The predicted octanol–water partition coefficient (Wildman–Crippen LogP) is -0.798. The van der Waals surface area contributed by atoms with E-state index < -0.39 is 0 Å². The number of carbonyl (C=O) groups excluding carboxylic acids is 1. The summed E-state index contributed by atoms with van der Waals surface area (Å²) in [5.74, 6) is 0. The fraction of sp³-hybridized carbons (Fsp3) is 0.500. The Bertz CT molecular complexity index is 125. The third-order valence-corrected chi connectivity index (χ3v) is 0.795. The maximum atomic E-state index is 10.4. The maximum absolute atomic E-state index is 10.4. The molecule has 0 aromatic heterocycles. The van der Waals surface area contributed by atoms with Crippen LogP contribution >= 0.6 is 12.2 Å². The second-order valence-electron chi connectivity index (χ2n) is 1.40. The van der Waals surface area contributed by atoms with Gasteiger partial charge < -0.3 is 16.4 Å². The molecule has 0 heterocycles. The molecule has 0 spiro atoms. The van der Waals surface area contributed by atoms with Crippen LogP contribution in [0.25, 0.3) is 0 Å². The van der Waals surface area contributed by atoms with Crippen LogP contribution in [0.4, 0.5) is 4.79 Å². The lowest BCUT2D eigenvalue weighted by molar-refractivity contribution is 0.244. The molecule has 52 valence electrons. The van der Waals surface area contributed by atoms with Crippen LogP contribution in [-0.2, 0) is 0 Å². The van der Waals surface area contributed by atoms with Crippen molar-refractivity contribution in [2.24, 2.45) is 5.73 Å². The maximum Gasteiger partial charge on any atom is 0.314 e. The zero-order valence-corrected chi connectivity index (χ0v) is 5.92. The van der Waals surface area contributed by atoms with Gasteiger partial charge in [0.1, 0.15) is 0 Å². The molecule has 0 saturated carbocycles. The van der Waals surface area contributed by atoms with E-state index in [1.54, 1.807) is 0 Å². The van der Waals surface area contributed by atoms with E-state index in [1.165, 1.54) is 7.05 Å². The molecule has 0 rings (SSSR count). The van der Waals surface area contributed by atoms with Crippen LogP contribution in [0.2, 0.25) is 0 Å². The molecule has 5 heteroatoms. The number of thiocarbonyl (C=S) groups is 1. The summed E-state index contributed by atoms with van der Waals surface area (Å²) in [4.78, 5) is 10.7. The lowest BCUT2D eigenvalue weighted by atomic mass is 10.6. The molecule has 0 atom stereocenters. The van der Waals surface area contributed by atoms with Crippen molar-refractivity contribution in [2.75, 3.05) is 13.6 Å². The largest absolute Gasteiger partial charge is 0.392 e. The predicted molar refractivity (Wildman–Crippen MR) is 39.2 cm³/mol. The van der Waals surface area contributed by atoms with Gasteiger partial charge in [-0.2, -0.15) is 0 Å². The molecule has 0 bridgehead atoms. The van der Waals surface area contributed by atoms with Crippen LogP contribution in [0.5, 0.6) is 0 Å². The molecule has 2 amide bonds. The van der Waals surface area contributed by atoms with Crippen LogP contribution in [-0.4, -0.2) is 24.6 Å². The minimum absolute atomic E-state index is 0.245. The van der Waals surface area contributed by atoms with Crippen molar-refractivity contribution in [2.45, 2.75) is 0 Å². The Morgan fingerprint density at radius 1 is 1.78 bits per heavy atom. The topological polar surface area (TPSA) is 67.2 Å². The number of nitrogens with one attached hydrogen (secondary N) is 2. The number of amides is 2. The number of urea groups is 1. The van der Waals surface area contributed by atoms with Gasteiger partial charge in [-0.25, -0.2) is 4.79 Å². The van der Waals surface area contributed by atoms with Gasteiger partial charge in [0.15, 0.2) is 0 Å². The summed E-state index contributed by atoms with van der Waals surface area (Å²) in [6, 6.07) is -0.275. The van der Waals surface area contributed by atoms with Gasteiger partial charge in [-0.1, -0.05) is 12.2 Å². The number of rotatable bonds is 2. The van der Waals surface area contributed by atoms with Crippen LogP contribution in [0.15, 0.2) is 0 Å². The molecular formula is C4H9N3OS. The normalized spacial score (nSPS) is 8.11. The third kappa shape index (κ3) is 5.02. The molecule has 0 fully saturated rings. The Labute approximate surface area is 58.8 Å². The fourth-order valence-electron chi connectivity index (χ4n) is 0.256. The Hall–Kier alpha value is -0.840. The van der Waals surface area contributed by atoms with Gasteiger partial charge >= 0.3 is 6.03 Å². The van der Waals surface area contributed by atoms with Gasteiger partial charge in [-0.15, -0.1) is 0 Å². The van der Waals surface area contributed by atoms with Gasteiger partial charge in [0.25, 0.3) is 0 Å². The molecule has 4 N–H and O–H groups in total. The highest BCUT2D eigenvalue weighted by Gasteiger charge is 1.93. The fourth-order valence-corrected chi connectivity index (χ4v) is 0.328. The van der Waals surface area contributed by atoms with Crippen LogP contribution in [0, 0.1) is 0 Å². The summed E-state index contributed by atoms with van der Waals surface area (Å²) in [7, 11) is 1.52. The van der Waals surface area contributed by atoms with Crippen LogP contribution in [0.3, 0.4) is 0 Å². The Morgan fingerprint density at radius 3 is 2.67 bits per heavy atom. The molecule has 0 aromatic rings. The Balaban J connectivity index is 3.28. The highest BCUT2D eigenvalue weighted by Crippen LogP contribution is 1.62. The van der Waals surface area contributed by atoms with Gasteiger partial charge in [0.2, 0.25) is 0 Å². The number of carbonyl (C=O) groups is 1.